The van der Waals surface area contributed by atoms with Crippen molar-refractivity contribution in [3.8, 4) is 11.5 Å². The number of nitro groups is 1. The van der Waals surface area contributed by atoms with Gasteiger partial charge in [-0.15, -0.1) is 0 Å². The molecular formula is C9H8N6O4. The Balaban J connectivity index is 2.25. The molecule has 0 saturated carbocycles. The Labute approximate surface area is 105 Å². The number of amides is 2. The van der Waals surface area contributed by atoms with Gasteiger partial charge in [0.05, 0.1) is 18.5 Å². The summed E-state index contributed by atoms with van der Waals surface area (Å²) in [5.74, 6) is -0.160. The fourth-order valence-electron chi connectivity index (χ4n) is 1.32. The average molecular weight is 264 g/mol. The molecule has 2 amide bonds. The van der Waals surface area contributed by atoms with Crippen molar-refractivity contribution in [2.45, 2.75) is 0 Å². The molecule has 0 unspecified atom stereocenters. The molecule has 2 rings (SSSR count). The van der Waals surface area contributed by atoms with Crippen LogP contribution in [-0.4, -0.2) is 27.4 Å². The first-order valence-corrected chi connectivity index (χ1v) is 4.94. The second-order valence-corrected chi connectivity index (χ2v) is 3.33. The smallest absolute Gasteiger partial charge is 0.399 e. The zero-order valence-electron chi connectivity index (χ0n) is 9.36. The lowest BCUT2D eigenvalue weighted by Gasteiger charge is -1.94. The molecule has 0 aliphatic carbocycles. The number of urea groups is 1. The molecule has 10 heteroatoms. The second kappa shape index (κ2) is 5.00. The molecule has 0 atom stereocenters. The number of aromatic nitrogens is 2. The highest BCUT2D eigenvalue weighted by Gasteiger charge is 2.16. The molecule has 2 heterocycles. The van der Waals surface area contributed by atoms with Crippen LogP contribution < -0.4 is 11.2 Å². The van der Waals surface area contributed by atoms with Crippen LogP contribution in [0.2, 0.25) is 0 Å². The van der Waals surface area contributed by atoms with Crippen LogP contribution in [0, 0.1) is 10.1 Å². The van der Waals surface area contributed by atoms with E-state index in [9.17, 15) is 14.9 Å². The first kappa shape index (κ1) is 12.3. The molecular weight excluding hydrogens is 256 g/mol. The summed E-state index contributed by atoms with van der Waals surface area (Å²) in [6.45, 7) is 0. The molecule has 0 aliphatic heterocycles. The van der Waals surface area contributed by atoms with Crippen molar-refractivity contribution in [1.82, 2.24) is 15.6 Å². The fraction of sp³-hybridized carbons (Fsp3) is 0. The van der Waals surface area contributed by atoms with Gasteiger partial charge in [-0.05, 0) is 6.07 Å². The van der Waals surface area contributed by atoms with Gasteiger partial charge < -0.3 is 10.2 Å². The number of H-pyrrole nitrogens is 1. The highest BCUT2D eigenvalue weighted by Crippen LogP contribution is 2.26. The number of furan rings is 1. The Morgan fingerprint density at radius 3 is 3.05 bits per heavy atom. The summed E-state index contributed by atoms with van der Waals surface area (Å²) in [6.07, 6.45) is 2.69. The predicted octanol–water partition coefficient (Wildman–Crippen LogP) is 0.580. The molecule has 2 aromatic heterocycles. The summed E-state index contributed by atoms with van der Waals surface area (Å²) >= 11 is 0. The highest BCUT2D eigenvalue weighted by atomic mass is 16.6. The molecule has 0 spiro atoms. The topological polar surface area (TPSA) is 152 Å². The van der Waals surface area contributed by atoms with E-state index in [4.69, 9.17) is 10.2 Å². The standard InChI is InChI=1S/C9H8N6O4/c10-9(16)14-12-4-5-3-11-13-8(5)6-1-2-7(19-6)15(17)18/h1-4H,(H,11,13)(H3,10,14,16). The number of hydrogen-bond donors (Lipinski definition) is 3. The maximum atomic E-state index is 10.5. The van der Waals surface area contributed by atoms with E-state index in [1.807, 2.05) is 5.43 Å². The van der Waals surface area contributed by atoms with E-state index in [2.05, 4.69) is 15.3 Å². The van der Waals surface area contributed by atoms with Crippen molar-refractivity contribution < 1.29 is 14.1 Å². The van der Waals surface area contributed by atoms with E-state index in [0.29, 0.717) is 11.3 Å². The van der Waals surface area contributed by atoms with Crippen LogP contribution in [0.1, 0.15) is 5.56 Å². The molecule has 0 saturated heterocycles. The van der Waals surface area contributed by atoms with E-state index in [1.54, 1.807) is 0 Å². The normalized spacial score (nSPS) is 10.7. The Morgan fingerprint density at radius 1 is 1.63 bits per heavy atom. The van der Waals surface area contributed by atoms with Gasteiger partial charge in [0.2, 0.25) is 0 Å². The molecule has 0 aliphatic rings. The van der Waals surface area contributed by atoms with Gasteiger partial charge in [-0.1, -0.05) is 0 Å². The van der Waals surface area contributed by atoms with Crippen LogP contribution in [0.4, 0.5) is 10.7 Å². The van der Waals surface area contributed by atoms with Crippen LogP contribution in [-0.2, 0) is 0 Å². The van der Waals surface area contributed by atoms with Crippen molar-refractivity contribution in [3.63, 3.8) is 0 Å². The highest BCUT2D eigenvalue weighted by molar-refractivity contribution is 5.88. The van der Waals surface area contributed by atoms with Crippen molar-refractivity contribution in [1.29, 1.82) is 0 Å². The minimum atomic E-state index is -0.810. The number of hydrazone groups is 1. The minimum absolute atomic E-state index is 0.227. The zero-order valence-corrected chi connectivity index (χ0v) is 9.36. The van der Waals surface area contributed by atoms with Crippen molar-refractivity contribution in [3.05, 3.63) is 34.0 Å². The van der Waals surface area contributed by atoms with Crippen LogP contribution in [0.15, 0.2) is 27.8 Å². The summed E-state index contributed by atoms with van der Waals surface area (Å²) in [5, 5.41) is 20.4. The first-order valence-electron chi connectivity index (χ1n) is 4.94. The molecule has 98 valence electrons. The van der Waals surface area contributed by atoms with Gasteiger partial charge in [-0.25, -0.2) is 10.2 Å². The molecule has 2 aromatic rings. The average Bonchev–Trinajstić information content (AvgIpc) is 2.94. The van der Waals surface area contributed by atoms with E-state index in [-0.39, 0.29) is 11.6 Å². The molecule has 4 N–H and O–H groups in total. The third-order valence-electron chi connectivity index (χ3n) is 2.07. The number of nitrogens with two attached hydrogens (primary N) is 1. The number of carbonyl (C=O) groups excluding carboxylic acids is 1. The maximum Gasteiger partial charge on any atom is 0.433 e. The number of nitrogens with one attached hydrogen (secondary N) is 2. The van der Waals surface area contributed by atoms with Crippen LogP contribution in [0.25, 0.3) is 11.5 Å². The van der Waals surface area contributed by atoms with E-state index in [0.717, 1.165) is 0 Å². The van der Waals surface area contributed by atoms with E-state index < -0.39 is 11.0 Å². The molecule has 0 aromatic carbocycles. The summed E-state index contributed by atoms with van der Waals surface area (Å²) in [6, 6.07) is 1.83. The Bertz CT molecular complexity index is 643. The number of rotatable bonds is 4. The molecule has 0 fully saturated rings. The Hall–Kier alpha value is -3.17. The van der Waals surface area contributed by atoms with Gasteiger partial charge in [0.15, 0.2) is 5.76 Å². The largest absolute Gasteiger partial charge is 0.433 e. The number of aromatic amines is 1. The van der Waals surface area contributed by atoms with Crippen molar-refractivity contribution >= 4 is 18.1 Å². The summed E-state index contributed by atoms with van der Waals surface area (Å²) in [7, 11) is 0. The Morgan fingerprint density at radius 2 is 2.42 bits per heavy atom. The minimum Gasteiger partial charge on any atom is -0.399 e. The zero-order chi connectivity index (χ0) is 13.8. The van der Waals surface area contributed by atoms with Gasteiger partial charge in [0.25, 0.3) is 0 Å². The lowest BCUT2D eigenvalue weighted by atomic mass is 10.2. The third kappa shape index (κ3) is 2.74. The quantitative estimate of drug-likeness (QED) is 0.418. The van der Waals surface area contributed by atoms with Crippen LogP contribution in [0.5, 0.6) is 0 Å². The molecule has 19 heavy (non-hydrogen) atoms. The number of nitrogens with zero attached hydrogens (tertiary/aromatic N) is 3. The van der Waals surface area contributed by atoms with Crippen LogP contribution >= 0.6 is 0 Å². The van der Waals surface area contributed by atoms with Gasteiger partial charge in [-0.3, -0.25) is 15.2 Å². The van der Waals surface area contributed by atoms with Gasteiger partial charge >= 0.3 is 11.9 Å². The number of carbonyl (C=O) groups is 1. The summed E-state index contributed by atoms with van der Waals surface area (Å²) < 4.78 is 5.01. The summed E-state index contributed by atoms with van der Waals surface area (Å²) in [5.41, 5.74) is 7.71. The van der Waals surface area contributed by atoms with Gasteiger partial charge in [-0.2, -0.15) is 10.2 Å². The van der Waals surface area contributed by atoms with E-state index >= 15 is 0 Å². The Kier molecular flexibility index (Phi) is 3.23. The molecule has 0 bridgehead atoms. The fourth-order valence-corrected chi connectivity index (χ4v) is 1.32. The SMILES string of the molecule is NC(=O)NN=Cc1cn[nH]c1-c1ccc([N+](=O)[O-])o1. The third-order valence-corrected chi connectivity index (χ3v) is 2.07. The lowest BCUT2D eigenvalue weighted by Crippen LogP contribution is -2.24. The second-order valence-electron chi connectivity index (χ2n) is 3.33. The summed E-state index contributed by atoms with van der Waals surface area (Å²) in [4.78, 5) is 20.3. The van der Waals surface area contributed by atoms with E-state index in [1.165, 1.54) is 24.5 Å². The maximum absolute atomic E-state index is 10.5. The molecule has 10 nitrogen and oxygen atoms in total. The first-order chi connectivity index (χ1) is 9.08. The van der Waals surface area contributed by atoms with Gasteiger partial charge in [0.1, 0.15) is 10.6 Å². The number of primary amides is 1. The molecule has 0 radical (unpaired) electrons. The number of hydrogen-bond acceptors (Lipinski definition) is 6. The monoisotopic (exact) mass is 264 g/mol. The van der Waals surface area contributed by atoms with Crippen molar-refractivity contribution in [2.24, 2.45) is 10.8 Å². The van der Waals surface area contributed by atoms with Gasteiger partial charge in [0, 0.05) is 5.56 Å². The van der Waals surface area contributed by atoms with Crippen LogP contribution in [0.3, 0.4) is 0 Å². The van der Waals surface area contributed by atoms with Crippen molar-refractivity contribution in [2.75, 3.05) is 0 Å². The predicted molar refractivity (Wildman–Crippen MR) is 63.3 cm³/mol. The lowest BCUT2D eigenvalue weighted by molar-refractivity contribution is -0.401.